The number of likely N-dealkylation sites (tertiary alicyclic amines) is 1. The van der Waals surface area contributed by atoms with Gasteiger partial charge in [-0.3, -0.25) is 0 Å². The van der Waals surface area contributed by atoms with Gasteiger partial charge in [-0.1, -0.05) is 18.2 Å². The number of benzene rings is 1. The number of nitrogens with zero attached hydrogens (tertiary/aromatic N) is 2. The molecule has 1 aliphatic rings. The Balaban J connectivity index is 1.90. The van der Waals surface area contributed by atoms with Gasteiger partial charge >= 0.3 is 0 Å². The van der Waals surface area contributed by atoms with Crippen molar-refractivity contribution in [3.8, 4) is 0 Å². The van der Waals surface area contributed by atoms with E-state index in [2.05, 4.69) is 11.9 Å². The van der Waals surface area contributed by atoms with Crippen LogP contribution < -0.4 is 0 Å². The Morgan fingerprint density at radius 3 is 2.55 bits per heavy atom. The van der Waals surface area contributed by atoms with Gasteiger partial charge in [0.25, 0.3) is 10.0 Å². The molecular formula is C15H18N2O2S. The summed E-state index contributed by atoms with van der Waals surface area (Å²) in [6.45, 7) is 2.07. The molecule has 4 nitrogen and oxygen atoms in total. The number of hydrogen-bond donors (Lipinski definition) is 0. The average Bonchev–Trinajstić information content (AvgIpc) is 3.08. The fraction of sp³-hybridized carbons (Fsp3) is 0.333. The molecule has 1 aromatic heterocycles. The van der Waals surface area contributed by atoms with Gasteiger partial charge in [-0.25, -0.2) is 12.4 Å². The van der Waals surface area contributed by atoms with E-state index in [0.717, 1.165) is 25.1 Å². The molecule has 106 valence electrons. The van der Waals surface area contributed by atoms with Crippen LogP contribution >= 0.6 is 0 Å². The van der Waals surface area contributed by atoms with Crippen molar-refractivity contribution in [3.05, 3.63) is 54.4 Å². The SMILES string of the molecule is CN1CCC(c2ccn(S(=O)(=O)c3ccccc3)c2)C1. The molecule has 20 heavy (non-hydrogen) atoms. The number of hydrogen-bond acceptors (Lipinski definition) is 3. The topological polar surface area (TPSA) is 42.3 Å². The van der Waals surface area contributed by atoms with Gasteiger partial charge in [0.15, 0.2) is 0 Å². The Labute approximate surface area is 119 Å². The van der Waals surface area contributed by atoms with Crippen LogP contribution in [0, 0.1) is 0 Å². The van der Waals surface area contributed by atoms with E-state index in [0.29, 0.717) is 10.8 Å². The van der Waals surface area contributed by atoms with E-state index in [1.54, 1.807) is 36.7 Å². The fourth-order valence-electron chi connectivity index (χ4n) is 2.70. The predicted molar refractivity (Wildman–Crippen MR) is 78.3 cm³/mol. The summed E-state index contributed by atoms with van der Waals surface area (Å²) >= 11 is 0. The molecule has 2 heterocycles. The molecule has 0 bridgehead atoms. The molecule has 0 saturated carbocycles. The van der Waals surface area contributed by atoms with Crippen molar-refractivity contribution in [1.82, 2.24) is 8.87 Å². The van der Waals surface area contributed by atoms with Crippen molar-refractivity contribution in [2.24, 2.45) is 0 Å². The van der Waals surface area contributed by atoms with Crippen molar-refractivity contribution in [1.29, 1.82) is 0 Å². The molecule has 1 unspecified atom stereocenters. The first-order chi connectivity index (χ1) is 9.57. The molecule has 0 spiro atoms. The fourth-order valence-corrected chi connectivity index (χ4v) is 3.93. The highest BCUT2D eigenvalue weighted by molar-refractivity contribution is 7.90. The Morgan fingerprint density at radius 1 is 1.15 bits per heavy atom. The van der Waals surface area contributed by atoms with Gasteiger partial charge in [-0.05, 0) is 49.7 Å². The summed E-state index contributed by atoms with van der Waals surface area (Å²) in [5, 5.41) is 0. The van der Waals surface area contributed by atoms with Gasteiger partial charge in [-0.15, -0.1) is 0 Å². The van der Waals surface area contributed by atoms with Crippen LogP contribution in [-0.4, -0.2) is 37.4 Å². The van der Waals surface area contributed by atoms with E-state index in [1.807, 2.05) is 12.1 Å². The molecule has 2 aromatic rings. The smallest absolute Gasteiger partial charge is 0.267 e. The standard InChI is InChI=1S/C15H18N2O2S/c1-16-9-7-13(11-16)14-8-10-17(12-14)20(18,19)15-5-3-2-4-6-15/h2-6,8,10,12-13H,7,9,11H2,1H3. The summed E-state index contributed by atoms with van der Waals surface area (Å²) in [7, 11) is -1.36. The summed E-state index contributed by atoms with van der Waals surface area (Å²) < 4.78 is 26.3. The lowest BCUT2D eigenvalue weighted by Gasteiger charge is -2.08. The molecular weight excluding hydrogens is 272 g/mol. The normalized spacial score (nSPS) is 20.4. The van der Waals surface area contributed by atoms with Crippen molar-refractivity contribution >= 4 is 10.0 Å². The van der Waals surface area contributed by atoms with Gasteiger partial charge in [-0.2, -0.15) is 0 Å². The van der Waals surface area contributed by atoms with Gasteiger partial charge < -0.3 is 4.90 Å². The summed E-state index contributed by atoms with van der Waals surface area (Å²) in [6, 6.07) is 10.5. The minimum Gasteiger partial charge on any atom is -0.306 e. The zero-order valence-electron chi connectivity index (χ0n) is 11.4. The average molecular weight is 290 g/mol. The lowest BCUT2D eigenvalue weighted by molar-refractivity contribution is 0.411. The van der Waals surface area contributed by atoms with Crippen LogP contribution in [0.4, 0.5) is 0 Å². The molecule has 1 saturated heterocycles. The third-order valence-corrected chi connectivity index (χ3v) is 5.52. The molecule has 0 amide bonds. The molecule has 0 aliphatic carbocycles. The zero-order chi connectivity index (χ0) is 14.2. The Bertz CT molecular complexity index is 692. The quantitative estimate of drug-likeness (QED) is 0.870. The van der Waals surface area contributed by atoms with E-state index in [9.17, 15) is 8.42 Å². The van der Waals surface area contributed by atoms with E-state index in [1.165, 1.54) is 3.97 Å². The predicted octanol–water partition coefficient (Wildman–Crippen LogP) is 2.14. The third kappa shape index (κ3) is 2.39. The molecule has 1 aromatic carbocycles. The molecule has 1 aliphatic heterocycles. The monoisotopic (exact) mass is 290 g/mol. The van der Waals surface area contributed by atoms with Crippen molar-refractivity contribution in [3.63, 3.8) is 0 Å². The van der Waals surface area contributed by atoms with Crippen LogP contribution in [0.3, 0.4) is 0 Å². The molecule has 0 N–H and O–H groups in total. The van der Waals surface area contributed by atoms with E-state index in [4.69, 9.17) is 0 Å². The minimum atomic E-state index is -3.46. The van der Waals surface area contributed by atoms with E-state index in [-0.39, 0.29) is 0 Å². The lowest BCUT2D eigenvalue weighted by atomic mass is 10.0. The molecule has 1 fully saturated rings. The first kappa shape index (κ1) is 13.4. The van der Waals surface area contributed by atoms with Gasteiger partial charge in [0.05, 0.1) is 4.90 Å². The number of aromatic nitrogens is 1. The summed E-state index contributed by atoms with van der Waals surface area (Å²) in [4.78, 5) is 2.60. The number of likely N-dealkylation sites (N-methyl/N-ethyl adjacent to an activating group) is 1. The summed E-state index contributed by atoms with van der Waals surface area (Å²) in [6.07, 6.45) is 4.49. The maximum Gasteiger partial charge on any atom is 0.267 e. The maximum absolute atomic E-state index is 12.5. The second kappa shape index (κ2) is 5.07. The third-order valence-electron chi connectivity index (χ3n) is 3.87. The van der Waals surface area contributed by atoms with Crippen LogP contribution in [0.5, 0.6) is 0 Å². The highest BCUT2D eigenvalue weighted by atomic mass is 32.2. The first-order valence-electron chi connectivity index (χ1n) is 6.74. The van der Waals surface area contributed by atoms with Gasteiger partial charge in [0.2, 0.25) is 0 Å². The molecule has 0 radical (unpaired) electrons. The Hall–Kier alpha value is -1.59. The van der Waals surface area contributed by atoms with Gasteiger partial charge in [0.1, 0.15) is 0 Å². The molecule has 5 heteroatoms. The van der Waals surface area contributed by atoms with Crippen LogP contribution in [0.1, 0.15) is 17.9 Å². The van der Waals surface area contributed by atoms with Crippen molar-refractivity contribution in [2.45, 2.75) is 17.2 Å². The minimum absolute atomic E-state index is 0.325. The highest BCUT2D eigenvalue weighted by Crippen LogP contribution is 2.27. The van der Waals surface area contributed by atoms with E-state index >= 15 is 0 Å². The summed E-state index contributed by atoms with van der Waals surface area (Å²) in [5.41, 5.74) is 1.11. The van der Waals surface area contributed by atoms with Crippen molar-refractivity contribution in [2.75, 3.05) is 20.1 Å². The Morgan fingerprint density at radius 2 is 1.90 bits per heavy atom. The van der Waals surface area contributed by atoms with Crippen LogP contribution in [0.25, 0.3) is 0 Å². The van der Waals surface area contributed by atoms with Crippen LogP contribution in [0.2, 0.25) is 0 Å². The first-order valence-corrected chi connectivity index (χ1v) is 8.18. The van der Waals surface area contributed by atoms with E-state index < -0.39 is 10.0 Å². The van der Waals surface area contributed by atoms with Crippen LogP contribution in [0.15, 0.2) is 53.7 Å². The summed E-state index contributed by atoms with van der Waals surface area (Å²) in [5.74, 6) is 0.437. The maximum atomic E-state index is 12.5. The Kier molecular flexibility index (Phi) is 3.40. The molecule has 3 rings (SSSR count). The largest absolute Gasteiger partial charge is 0.306 e. The lowest BCUT2D eigenvalue weighted by Crippen LogP contribution is -2.13. The molecule has 1 atom stereocenters. The second-order valence-electron chi connectivity index (χ2n) is 5.34. The van der Waals surface area contributed by atoms with Crippen molar-refractivity contribution < 1.29 is 8.42 Å². The van der Waals surface area contributed by atoms with Gasteiger partial charge in [0, 0.05) is 18.9 Å². The number of rotatable bonds is 3. The second-order valence-corrected chi connectivity index (χ2v) is 7.18. The van der Waals surface area contributed by atoms with Crippen LogP contribution in [-0.2, 0) is 10.0 Å². The highest BCUT2D eigenvalue weighted by Gasteiger charge is 2.23. The zero-order valence-corrected chi connectivity index (χ0v) is 12.3.